The molecule has 1 atom stereocenters. The third-order valence-electron chi connectivity index (χ3n) is 3.54. The maximum atomic E-state index is 6.24. The second kappa shape index (κ2) is 7.44. The first kappa shape index (κ1) is 17.3. The van der Waals surface area contributed by atoms with Gasteiger partial charge >= 0.3 is 0 Å². The van der Waals surface area contributed by atoms with Crippen LogP contribution in [0.15, 0.2) is 34.8 Å². The number of aryl methyl sites for hydroxylation is 2. The second-order valence-electron chi connectivity index (χ2n) is 5.11. The molecule has 0 aliphatic heterocycles. The van der Waals surface area contributed by atoms with Crippen LogP contribution in [0, 0.1) is 17.4 Å². The monoisotopic (exact) mass is 477 g/mol. The third kappa shape index (κ3) is 4.01. The minimum atomic E-state index is 0.162. The Morgan fingerprint density at radius 2 is 1.86 bits per heavy atom. The molecule has 21 heavy (non-hydrogen) atoms. The maximum Gasteiger partial charge on any atom is 0.0590 e. The minimum absolute atomic E-state index is 0.162. The average Bonchev–Trinajstić information content (AvgIpc) is 2.43. The van der Waals surface area contributed by atoms with Gasteiger partial charge < -0.3 is 5.32 Å². The molecular weight excluding hydrogens is 460 g/mol. The van der Waals surface area contributed by atoms with Crippen LogP contribution in [0.5, 0.6) is 0 Å². The minimum Gasteiger partial charge on any atom is -0.306 e. The average molecular weight is 479 g/mol. The zero-order valence-electron chi connectivity index (χ0n) is 12.3. The second-order valence-corrected chi connectivity index (χ2v) is 7.62. The number of hydrogen-bond acceptors (Lipinski definition) is 1. The molecule has 2 rings (SSSR count). The van der Waals surface area contributed by atoms with Crippen molar-refractivity contribution in [3.63, 3.8) is 0 Å². The van der Waals surface area contributed by atoms with Crippen LogP contribution < -0.4 is 5.32 Å². The molecule has 0 fully saturated rings. The highest BCUT2D eigenvalue weighted by molar-refractivity contribution is 14.1. The fourth-order valence-electron chi connectivity index (χ4n) is 2.44. The molecule has 0 aromatic heterocycles. The summed E-state index contributed by atoms with van der Waals surface area (Å²) in [5, 5.41) is 4.42. The summed E-state index contributed by atoms with van der Waals surface area (Å²) >= 11 is 12.3. The van der Waals surface area contributed by atoms with E-state index in [1.54, 1.807) is 0 Å². The molecule has 1 unspecified atom stereocenters. The lowest BCUT2D eigenvalue weighted by Gasteiger charge is -2.23. The summed E-state index contributed by atoms with van der Waals surface area (Å²) in [5.41, 5.74) is 4.86. The summed E-state index contributed by atoms with van der Waals surface area (Å²) in [7, 11) is 0. The molecule has 4 heteroatoms. The number of rotatable bonds is 4. The van der Waals surface area contributed by atoms with Crippen molar-refractivity contribution in [3.05, 3.63) is 65.7 Å². The molecule has 0 amide bonds. The fraction of sp³-hybridized carbons (Fsp3) is 0.294. The van der Waals surface area contributed by atoms with E-state index in [9.17, 15) is 0 Å². The van der Waals surface area contributed by atoms with Gasteiger partial charge in [0.2, 0.25) is 0 Å². The first-order chi connectivity index (χ1) is 9.93. The maximum absolute atomic E-state index is 6.24. The highest BCUT2D eigenvalue weighted by atomic mass is 127. The van der Waals surface area contributed by atoms with Crippen LogP contribution in [-0.2, 0) is 0 Å². The van der Waals surface area contributed by atoms with Crippen molar-refractivity contribution in [3.8, 4) is 0 Å². The van der Waals surface area contributed by atoms with Crippen molar-refractivity contribution >= 4 is 50.1 Å². The molecule has 0 saturated carbocycles. The fourth-order valence-corrected chi connectivity index (χ4v) is 3.65. The van der Waals surface area contributed by atoms with E-state index < -0.39 is 0 Å². The van der Waals surface area contributed by atoms with Gasteiger partial charge in [-0.25, -0.2) is 0 Å². The summed E-state index contributed by atoms with van der Waals surface area (Å²) < 4.78 is 2.36. The molecule has 2 aromatic rings. The quantitative estimate of drug-likeness (QED) is 0.530. The molecule has 0 radical (unpaired) electrons. The lowest BCUT2D eigenvalue weighted by molar-refractivity contribution is 0.625. The standard InChI is InChI=1S/C17H18BrClIN/c1-4-21-17(14-9-12(20)5-6-15(14)18)13-7-11(3)16(19)8-10(13)2/h5-9,17,21H,4H2,1-3H3. The Morgan fingerprint density at radius 3 is 2.52 bits per heavy atom. The van der Waals surface area contributed by atoms with Gasteiger partial charge in [-0.05, 0) is 89.5 Å². The SMILES string of the molecule is CCNC(c1cc(C)c(Cl)cc1C)c1cc(I)ccc1Br. The smallest absolute Gasteiger partial charge is 0.0590 e. The molecule has 2 aromatic carbocycles. The van der Waals surface area contributed by atoms with Crippen LogP contribution in [0.25, 0.3) is 0 Å². The Kier molecular flexibility index (Phi) is 6.12. The molecular formula is C17H18BrClIN. The molecule has 0 bridgehead atoms. The van der Waals surface area contributed by atoms with Crippen LogP contribution in [0.3, 0.4) is 0 Å². The van der Waals surface area contributed by atoms with Crippen molar-refractivity contribution in [2.75, 3.05) is 6.54 Å². The Bertz CT molecular complexity index is 657. The van der Waals surface area contributed by atoms with Gasteiger partial charge in [0.1, 0.15) is 0 Å². The summed E-state index contributed by atoms with van der Waals surface area (Å²) in [4.78, 5) is 0. The molecule has 0 aliphatic carbocycles. The summed E-state index contributed by atoms with van der Waals surface area (Å²) in [6.45, 7) is 7.21. The van der Waals surface area contributed by atoms with E-state index >= 15 is 0 Å². The molecule has 112 valence electrons. The third-order valence-corrected chi connectivity index (χ3v) is 5.34. The van der Waals surface area contributed by atoms with E-state index in [2.05, 4.69) is 94.9 Å². The number of benzene rings is 2. The van der Waals surface area contributed by atoms with Crippen molar-refractivity contribution < 1.29 is 0 Å². The van der Waals surface area contributed by atoms with Gasteiger partial charge in [-0.15, -0.1) is 0 Å². The lowest BCUT2D eigenvalue weighted by Crippen LogP contribution is -2.23. The normalized spacial score (nSPS) is 12.5. The van der Waals surface area contributed by atoms with Gasteiger partial charge in [0, 0.05) is 13.1 Å². The summed E-state index contributed by atoms with van der Waals surface area (Å²) in [6.07, 6.45) is 0. The number of halogens is 3. The largest absolute Gasteiger partial charge is 0.306 e. The Balaban J connectivity index is 2.58. The Labute approximate surface area is 153 Å². The van der Waals surface area contributed by atoms with E-state index in [0.29, 0.717) is 0 Å². The van der Waals surface area contributed by atoms with E-state index in [1.165, 1.54) is 20.3 Å². The molecule has 1 nitrogen and oxygen atoms in total. The topological polar surface area (TPSA) is 12.0 Å². The van der Waals surface area contributed by atoms with Crippen molar-refractivity contribution in [1.29, 1.82) is 0 Å². The predicted octanol–water partition coefficient (Wildman–Crippen LogP) is 6.02. The van der Waals surface area contributed by atoms with Gasteiger partial charge in [0.05, 0.1) is 6.04 Å². The Morgan fingerprint density at radius 1 is 1.14 bits per heavy atom. The van der Waals surface area contributed by atoms with Crippen LogP contribution in [0.2, 0.25) is 5.02 Å². The van der Waals surface area contributed by atoms with Crippen LogP contribution >= 0.6 is 50.1 Å². The summed E-state index contributed by atoms with van der Waals surface area (Å²) in [5.74, 6) is 0. The van der Waals surface area contributed by atoms with Gasteiger partial charge in [-0.3, -0.25) is 0 Å². The first-order valence-electron chi connectivity index (χ1n) is 6.89. The number of nitrogens with one attached hydrogen (secondary N) is 1. The van der Waals surface area contributed by atoms with Crippen LogP contribution in [0.1, 0.15) is 35.2 Å². The van der Waals surface area contributed by atoms with Gasteiger partial charge in [-0.2, -0.15) is 0 Å². The molecule has 0 aliphatic rings. The van der Waals surface area contributed by atoms with Gasteiger partial charge in [0.15, 0.2) is 0 Å². The summed E-state index contributed by atoms with van der Waals surface area (Å²) in [6, 6.07) is 10.9. The van der Waals surface area contributed by atoms with E-state index in [-0.39, 0.29) is 6.04 Å². The van der Waals surface area contributed by atoms with Crippen molar-refractivity contribution in [2.45, 2.75) is 26.8 Å². The molecule has 0 heterocycles. The van der Waals surface area contributed by atoms with E-state index in [1.807, 2.05) is 0 Å². The molecule has 0 spiro atoms. The number of hydrogen-bond donors (Lipinski definition) is 1. The molecule has 1 N–H and O–H groups in total. The lowest BCUT2D eigenvalue weighted by atomic mass is 9.93. The van der Waals surface area contributed by atoms with E-state index in [0.717, 1.165) is 21.6 Å². The van der Waals surface area contributed by atoms with Crippen molar-refractivity contribution in [2.24, 2.45) is 0 Å². The van der Waals surface area contributed by atoms with Gasteiger partial charge in [-0.1, -0.05) is 40.5 Å². The van der Waals surface area contributed by atoms with Crippen LogP contribution in [-0.4, -0.2) is 6.54 Å². The first-order valence-corrected chi connectivity index (χ1v) is 9.14. The van der Waals surface area contributed by atoms with E-state index in [4.69, 9.17) is 11.6 Å². The zero-order chi connectivity index (χ0) is 15.6. The predicted molar refractivity (Wildman–Crippen MR) is 103 cm³/mol. The van der Waals surface area contributed by atoms with Crippen LogP contribution in [0.4, 0.5) is 0 Å². The highest BCUT2D eigenvalue weighted by Crippen LogP contribution is 2.33. The van der Waals surface area contributed by atoms with Gasteiger partial charge in [0.25, 0.3) is 0 Å². The van der Waals surface area contributed by atoms with Crippen molar-refractivity contribution in [1.82, 2.24) is 5.32 Å². The highest BCUT2D eigenvalue weighted by Gasteiger charge is 2.19. The molecule has 0 saturated heterocycles. The zero-order valence-corrected chi connectivity index (χ0v) is 16.8. The Hall–Kier alpha value is -0.100.